The van der Waals surface area contributed by atoms with Crippen molar-refractivity contribution in [2.24, 2.45) is 0 Å². The first-order valence-corrected chi connectivity index (χ1v) is 10.4. The van der Waals surface area contributed by atoms with Gasteiger partial charge in [0, 0.05) is 37.6 Å². The largest absolute Gasteiger partial charge is 0.503 e. The van der Waals surface area contributed by atoms with Crippen LogP contribution in [0.15, 0.2) is 71.8 Å². The van der Waals surface area contributed by atoms with Gasteiger partial charge in [0.2, 0.25) is 5.78 Å². The number of aliphatic hydroxyl groups is 1. The number of carbonyl (C=O) groups excluding carboxylic acids is 2. The number of nitrogens with zero attached hydrogens (tertiary/aromatic N) is 4. The minimum Gasteiger partial charge on any atom is -0.503 e. The number of imidazole rings is 1. The van der Waals surface area contributed by atoms with Crippen LogP contribution >= 0.6 is 11.3 Å². The first-order valence-electron chi connectivity index (χ1n) is 9.49. The van der Waals surface area contributed by atoms with Gasteiger partial charge in [-0.3, -0.25) is 19.7 Å². The van der Waals surface area contributed by atoms with Gasteiger partial charge in [0.1, 0.15) is 0 Å². The summed E-state index contributed by atoms with van der Waals surface area (Å²) in [7, 11) is 0. The third kappa shape index (κ3) is 3.97. The van der Waals surface area contributed by atoms with E-state index in [0.717, 1.165) is 0 Å². The highest BCUT2D eigenvalue weighted by molar-refractivity contribution is 7.12. The van der Waals surface area contributed by atoms with Crippen molar-refractivity contribution < 1.29 is 19.6 Å². The van der Waals surface area contributed by atoms with Crippen LogP contribution < -0.4 is 0 Å². The Bertz CT molecular complexity index is 1150. The van der Waals surface area contributed by atoms with E-state index in [4.69, 9.17) is 0 Å². The predicted octanol–water partition coefficient (Wildman–Crippen LogP) is 3.52. The molecule has 158 valence electrons. The quantitative estimate of drug-likeness (QED) is 0.327. The van der Waals surface area contributed by atoms with E-state index in [1.165, 1.54) is 34.4 Å². The Morgan fingerprint density at radius 3 is 2.77 bits per heavy atom. The maximum atomic E-state index is 13.1. The molecule has 0 aliphatic carbocycles. The third-order valence-corrected chi connectivity index (χ3v) is 5.93. The summed E-state index contributed by atoms with van der Waals surface area (Å²) in [5.74, 6) is -1.74. The smallest absolute Gasteiger partial charge is 0.290 e. The molecule has 0 unspecified atom stereocenters. The first-order chi connectivity index (χ1) is 15.0. The molecule has 1 N–H and O–H groups in total. The van der Waals surface area contributed by atoms with Crippen molar-refractivity contribution >= 4 is 28.7 Å². The van der Waals surface area contributed by atoms with Crippen LogP contribution in [0.4, 0.5) is 5.69 Å². The number of amides is 1. The van der Waals surface area contributed by atoms with E-state index in [9.17, 15) is 24.8 Å². The highest BCUT2D eigenvalue weighted by Crippen LogP contribution is 2.40. The number of rotatable bonds is 8. The molecule has 9 nitrogen and oxygen atoms in total. The lowest BCUT2D eigenvalue weighted by Gasteiger charge is -2.26. The molecular weight excluding hydrogens is 420 g/mol. The Labute approximate surface area is 181 Å². The fourth-order valence-corrected chi connectivity index (χ4v) is 4.33. The molecule has 0 spiro atoms. The molecular formula is C21H18N4O5S. The zero-order valence-corrected chi connectivity index (χ0v) is 17.1. The lowest BCUT2D eigenvalue weighted by atomic mass is 9.95. The van der Waals surface area contributed by atoms with Gasteiger partial charge in [-0.1, -0.05) is 18.2 Å². The second-order valence-corrected chi connectivity index (χ2v) is 7.92. The molecule has 1 aromatic carbocycles. The molecule has 1 aliphatic heterocycles. The number of carbonyl (C=O) groups is 2. The summed E-state index contributed by atoms with van der Waals surface area (Å²) in [6, 6.07) is 8.21. The summed E-state index contributed by atoms with van der Waals surface area (Å²) in [5.41, 5.74) is 0.183. The molecule has 1 aliphatic rings. The highest BCUT2D eigenvalue weighted by Gasteiger charge is 2.44. The fraction of sp³-hybridized carbons (Fsp3) is 0.190. The Hall–Kier alpha value is -3.79. The van der Waals surface area contributed by atoms with Gasteiger partial charge in [-0.05, 0) is 23.4 Å². The summed E-state index contributed by atoms with van der Waals surface area (Å²) in [6.07, 6.45) is 5.65. The molecule has 31 heavy (non-hydrogen) atoms. The van der Waals surface area contributed by atoms with E-state index >= 15 is 0 Å². The van der Waals surface area contributed by atoms with E-state index < -0.39 is 28.4 Å². The molecule has 10 heteroatoms. The van der Waals surface area contributed by atoms with Crippen LogP contribution in [-0.4, -0.2) is 42.7 Å². The van der Waals surface area contributed by atoms with Gasteiger partial charge >= 0.3 is 0 Å². The van der Waals surface area contributed by atoms with Crippen LogP contribution in [0.5, 0.6) is 0 Å². The molecule has 3 aromatic rings. The normalized spacial score (nSPS) is 16.2. The topological polar surface area (TPSA) is 119 Å². The zero-order valence-electron chi connectivity index (χ0n) is 16.2. The lowest BCUT2D eigenvalue weighted by Crippen LogP contribution is -2.32. The summed E-state index contributed by atoms with van der Waals surface area (Å²) in [5, 5.41) is 23.6. The van der Waals surface area contributed by atoms with Gasteiger partial charge in [0.05, 0.1) is 27.7 Å². The van der Waals surface area contributed by atoms with Crippen LogP contribution in [0.3, 0.4) is 0 Å². The van der Waals surface area contributed by atoms with Gasteiger partial charge < -0.3 is 14.6 Å². The Morgan fingerprint density at radius 1 is 1.26 bits per heavy atom. The summed E-state index contributed by atoms with van der Waals surface area (Å²) in [4.78, 5) is 42.5. The molecule has 0 saturated heterocycles. The number of aliphatic hydroxyl groups excluding tert-OH is 1. The van der Waals surface area contributed by atoms with Crippen LogP contribution in [0, 0.1) is 10.1 Å². The number of benzene rings is 1. The van der Waals surface area contributed by atoms with Crippen molar-refractivity contribution in [2.75, 3.05) is 6.54 Å². The van der Waals surface area contributed by atoms with Gasteiger partial charge in [-0.15, -0.1) is 11.3 Å². The molecule has 2 aromatic heterocycles. The number of thiophene rings is 1. The second kappa shape index (κ2) is 8.52. The van der Waals surface area contributed by atoms with E-state index in [0.29, 0.717) is 23.4 Å². The van der Waals surface area contributed by atoms with Crippen molar-refractivity contribution in [1.29, 1.82) is 0 Å². The van der Waals surface area contributed by atoms with Gasteiger partial charge in [0.25, 0.3) is 11.6 Å². The fourth-order valence-electron chi connectivity index (χ4n) is 3.65. The number of Topliss-reactive ketones (excluding diaryl/α,β-unsaturated/α-hetero) is 1. The van der Waals surface area contributed by atoms with Gasteiger partial charge in [0.15, 0.2) is 5.76 Å². The molecule has 4 rings (SSSR count). The minimum absolute atomic E-state index is 0.0596. The summed E-state index contributed by atoms with van der Waals surface area (Å²) >= 11 is 1.20. The van der Waals surface area contributed by atoms with Gasteiger partial charge in [-0.2, -0.15) is 0 Å². The maximum absolute atomic E-state index is 13.1. The maximum Gasteiger partial charge on any atom is 0.290 e. The first kappa shape index (κ1) is 20.5. The van der Waals surface area contributed by atoms with Crippen molar-refractivity contribution in [3.63, 3.8) is 0 Å². The van der Waals surface area contributed by atoms with Crippen LogP contribution in [0.2, 0.25) is 0 Å². The van der Waals surface area contributed by atoms with Crippen LogP contribution in [-0.2, 0) is 11.3 Å². The zero-order chi connectivity index (χ0) is 22.0. The third-order valence-electron chi connectivity index (χ3n) is 5.06. The number of non-ortho nitro benzene ring substituents is 1. The molecule has 0 saturated carbocycles. The number of aryl methyl sites for hydroxylation is 1. The van der Waals surface area contributed by atoms with Crippen molar-refractivity contribution in [3.05, 3.63) is 92.4 Å². The standard InChI is InChI=1S/C21H18N4O5S/c26-19(16-6-2-11-31-16)17-18(14-4-1-5-15(12-14)25(29)30)24(21(28)20(17)27)9-3-8-23-10-7-22-13-23/h1-2,4-7,10-13,18,27H,3,8-9H2/t18-/m1/s1. The average molecular weight is 438 g/mol. The Balaban J connectivity index is 1.70. The number of ketones is 1. The Morgan fingerprint density at radius 2 is 2.10 bits per heavy atom. The number of aromatic nitrogens is 2. The molecule has 0 fully saturated rings. The predicted molar refractivity (Wildman–Crippen MR) is 113 cm³/mol. The van der Waals surface area contributed by atoms with Crippen molar-refractivity contribution in [1.82, 2.24) is 14.5 Å². The summed E-state index contributed by atoms with van der Waals surface area (Å²) in [6.45, 7) is 0.829. The number of nitro benzene ring substituents is 1. The van der Waals surface area contributed by atoms with E-state index in [2.05, 4.69) is 4.98 Å². The van der Waals surface area contributed by atoms with Gasteiger partial charge in [-0.25, -0.2) is 4.98 Å². The highest BCUT2D eigenvalue weighted by atomic mass is 32.1. The SMILES string of the molecule is O=C(C1=C(O)C(=O)N(CCCn2ccnc2)[C@@H]1c1cccc([N+](=O)[O-])c1)c1cccs1. The van der Waals surface area contributed by atoms with E-state index in [1.807, 2.05) is 4.57 Å². The number of hydrogen-bond acceptors (Lipinski definition) is 7. The lowest BCUT2D eigenvalue weighted by molar-refractivity contribution is -0.384. The van der Waals surface area contributed by atoms with Crippen molar-refractivity contribution in [2.45, 2.75) is 19.0 Å². The van der Waals surface area contributed by atoms with Crippen LogP contribution in [0.25, 0.3) is 0 Å². The van der Waals surface area contributed by atoms with Crippen LogP contribution in [0.1, 0.15) is 27.7 Å². The molecule has 1 atom stereocenters. The monoisotopic (exact) mass is 438 g/mol. The van der Waals surface area contributed by atoms with Crippen molar-refractivity contribution in [3.8, 4) is 0 Å². The molecule has 0 radical (unpaired) electrons. The van der Waals surface area contributed by atoms with E-state index in [-0.39, 0.29) is 17.8 Å². The molecule has 3 heterocycles. The average Bonchev–Trinajstić information content (AvgIpc) is 3.52. The minimum atomic E-state index is -0.912. The summed E-state index contributed by atoms with van der Waals surface area (Å²) < 4.78 is 1.86. The Kier molecular flexibility index (Phi) is 5.63. The number of nitro groups is 1. The molecule has 1 amide bonds. The van der Waals surface area contributed by atoms with E-state index in [1.54, 1.807) is 42.3 Å². The number of hydrogen-bond donors (Lipinski definition) is 1. The second-order valence-electron chi connectivity index (χ2n) is 6.98. The molecule has 0 bridgehead atoms.